The minimum absolute atomic E-state index is 0.00313. The Morgan fingerprint density at radius 3 is 2.94 bits per heavy atom. The molecule has 4 heteroatoms. The first-order valence-electron chi connectivity index (χ1n) is 4.63. The van der Waals surface area contributed by atoms with Crippen molar-refractivity contribution in [1.82, 2.24) is 0 Å². The quantitative estimate of drug-likeness (QED) is 0.333. The van der Waals surface area contributed by atoms with Crippen molar-refractivity contribution >= 4 is 11.8 Å². The van der Waals surface area contributed by atoms with Gasteiger partial charge >= 0.3 is 5.97 Å². The second-order valence-corrected chi connectivity index (χ2v) is 3.05. The van der Waals surface area contributed by atoms with Crippen LogP contribution < -0.4 is 5.73 Å². The van der Waals surface area contributed by atoms with E-state index < -0.39 is 0 Å². The van der Waals surface area contributed by atoms with Crippen molar-refractivity contribution in [2.75, 3.05) is 7.11 Å². The Balaban J connectivity index is 2.77. The molecular weight excluding hydrogens is 204 g/mol. The number of esters is 1. The van der Waals surface area contributed by atoms with Crippen LogP contribution in [0.4, 0.5) is 0 Å². The molecule has 4 nitrogen and oxygen atoms in total. The van der Waals surface area contributed by atoms with Crippen LogP contribution in [0.1, 0.15) is 17.5 Å². The Kier molecular flexibility index (Phi) is 4.10. The number of benzene rings is 1. The van der Waals surface area contributed by atoms with E-state index >= 15 is 0 Å². The molecule has 0 unspecified atom stereocenters. The molecule has 0 fully saturated rings. The molecule has 1 rings (SSSR count). The Hall–Kier alpha value is -2.28. The lowest BCUT2D eigenvalue weighted by atomic mass is 10.1. The number of amidine groups is 1. The fourth-order valence-corrected chi connectivity index (χ4v) is 1.06. The van der Waals surface area contributed by atoms with E-state index in [1.54, 1.807) is 24.3 Å². The number of nitrogen functional groups attached to an aromatic ring is 1. The van der Waals surface area contributed by atoms with Gasteiger partial charge in [-0.15, -0.1) is 0 Å². The second kappa shape index (κ2) is 5.56. The van der Waals surface area contributed by atoms with E-state index in [1.807, 2.05) is 0 Å². The third-order valence-electron chi connectivity index (χ3n) is 1.87. The molecule has 0 aromatic heterocycles. The van der Waals surface area contributed by atoms with E-state index in [9.17, 15) is 4.79 Å². The molecule has 1 aromatic carbocycles. The van der Waals surface area contributed by atoms with Gasteiger partial charge in [-0.05, 0) is 12.1 Å². The largest absolute Gasteiger partial charge is 0.468 e. The molecule has 0 spiro atoms. The van der Waals surface area contributed by atoms with Crippen LogP contribution in [0.25, 0.3) is 0 Å². The Bertz CT molecular complexity index is 469. The zero-order valence-electron chi connectivity index (χ0n) is 8.91. The van der Waals surface area contributed by atoms with Crippen LogP contribution >= 0.6 is 0 Å². The van der Waals surface area contributed by atoms with E-state index in [1.165, 1.54) is 7.11 Å². The van der Waals surface area contributed by atoms with Crippen molar-refractivity contribution in [3.05, 3.63) is 35.4 Å². The molecule has 0 saturated carbocycles. The molecule has 0 bridgehead atoms. The van der Waals surface area contributed by atoms with Crippen LogP contribution in [0.3, 0.4) is 0 Å². The highest BCUT2D eigenvalue weighted by Crippen LogP contribution is 2.03. The average Bonchev–Trinajstić information content (AvgIpc) is 2.29. The van der Waals surface area contributed by atoms with Crippen LogP contribution in [0, 0.1) is 17.3 Å². The second-order valence-electron chi connectivity index (χ2n) is 3.05. The summed E-state index contributed by atoms with van der Waals surface area (Å²) in [5.41, 5.74) is 6.68. The van der Waals surface area contributed by atoms with E-state index in [2.05, 4.69) is 16.6 Å². The summed E-state index contributed by atoms with van der Waals surface area (Å²) in [6.45, 7) is 0. The molecule has 0 aliphatic carbocycles. The topological polar surface area (TPSA) is 76.2 Å². The van der Waals surface area contributed by atoms with Crippen molar-refractivity contribution < 1.29 is 9.53 Å². The van der Waals surface area contributed by atoms with Crippen LogP contribution in [0.15, 0.2) is 24.3 Å². The summed E-state index contributed by atoms with van der Waals surface area (Å²) in [5, 5.41) is 7.26. The SMILES string of the molecule is COC(=O)CC#Cc1cccc(C(=N)N)c1. The Morgan fingerprint density at radius 1 is 1.56 bits per heavy atom. The molecule has 0 aliphatic heterocycles. The number of hydrogen-bond acceptors (Lipinski definition) is 3. The Morgan fingerprint density at radius 2 is 2.31 bits per heavy atom. The highest BCUT2D eigenvalue weighted by atomic mass is 16.5. The number of carbonyl (C=O) groups is 1. The fraction of sp³-hybridized carbons (Fsp3) is 0.167. The third kappa shape index (κ3) is 3.46. The van der Waals surface area contributed by atoms with E-state index in [0.29, 0.717) is 5.56 Å². The summed E-state index contributed by atoms with van der Waals surface area (Å²) in [4.78, 5) is 10.8. The fourth-order valence-electron chi connectivity index (χ4n) is 1.06. The zero-order chi connectivity index (χ0) is 12.0. The van der Waals surface area contributed by atoms with E-state index in [0.717, 1.165) is 5.56 Å². The van der Waals surface area contributed by atoms with Gasteiger partial charge in [0.2, 0.25) is 0 Å². The lowest BCUT2D eigenvalue weighted by Crippen LogP contribution is -2.10. The first kappa shape index (κ1) is 11.8. The highest BCUT2D eigenvalue weighted by Gasteiger charge is 1.96. The molecule has 0 amide bonds. The molecule has 0 aliphatic rings. The van der Waals surface area contributed by atoms with Gasteiger partial charge in [0, 0.05) is 11.1 Å². The summed E-state index contributed by atoms with van der Waals surface area (Å²) in [6.07, 6.45) is 0.0563. The maximum absolute atomic E-state index is 10.8. The van der Waals surface area contributed by atoms with Gasteiger partial charge in [-0.2, -0.15) is 0 Å². The maximum Gasteiger partial charge on any atom is 0.317 e. The molecular formula is C12H12N2O2. The predicted molar refractivity (Wildman–Crippen MR) is 61.0 cm³/mol. The highest BCUT2D eigenvalue weighted by molar-refractivity contribution is 5.95. The summed E-state index contributed by atoms with van der Waals surface area (Å²) < 4.78 is 4.45. The van der Waals surface area contributed by atoms with Gasteiger partial charge in [0.1, 0.15) is 12.3 Å². The monoisotopic (exact) mass is 216 g/mol. The Labute approximate surface area is 93.9 Å². The molecule has 1 aromatic rings. The number of ether oxygens (including phenoxy) is 1. The minimum Gasteiger partial charge on any atom is -0.468 e. The summed E-state index contributed by atoms with van der Waals surface area (Å²) in [6, 6.07) is 6.98. The molecule has 0 heterocycles. The standard InChI is InChI=1S/C12H12N2O2/c1-16-11(15)7-3-5-9-4-2-6-10(8-9)12(13)14/h2,4,6,8H,7H2,1H3,(H3,13,14). The third-order valence-corrected chi connectivity index (χ3v) is 1.87. The predicted octanol–water partition coefficient (Wildman–Crippen LogP) is 0.885. The minimum atomic E-state index is -0.366. The summed E-state index contributed by atoms with van der Waals surface area (Å²) in [5.74, 6) is 5.12. The van der Waals surface area contributed by atoms with Gasteiger partial charge in [0.25, 0.3) is 0 Å². The summed E-state index contributed by atoms with van der Waals surface area (Å²) in [7, 11) is 1.32. The molecule has 0 radical (unpaired) electrons. The number of nitrogens with two attached hydrogens (primary N) is 1. The van der Waals surface area contributed by atoms with Gasteiger partial charge in [0.15, 0.2) is 0 Å². The van der Waals surface area contributed by atoms with Crippen molar-refractivity contribution in [3.8, 4) is 11.8 Å². The molecule has 0 saturated heterocycles. The van der Waals surface area contributed by atoms with Crippen LogP contribution in [-0.2, 0) is 9.53 Å². The normalized spacial score (nSPS) is 8.81. The van der Waals surface area contributed by atoms with Crippen molar-refractivity contribution in [2.24, 2.45) is 5.73 Å². The smallest absolute Gasteiger partial charge is 0.317 e. The van der Waals surface area contributed by atoms with Crippen molar-refractivity contribution in [3.63, 3.8) is 0 Å². The first-order valence-corrected chi connectivity index (χ1v) is 4.63. The van der Waals surface area contributed by atoms with E-state index in [4.69, 9.17) is 11.1 Å². The first-order chi connectivity index (χ1) is 7.63. The number of carbonyl (C=O) groups excluding carboxylic acids is 1. The van der Waals surface area contributed by atoms with E-state index in [-0.39, 0.29) is 18.2 Å². The molecule has 3 N–H and O–H groups in total. The lowest BCUT2D eigenvalue weighted by Gasteiger charge is -1.97. The van der Waals surface area contributed by atoms with Gasteiger partial charge in [-0.3, -0.25) is 10.2 Å². The van der Waals surface area contributed by atoms with Gasteiger partial charge < -0.3 is 10.5 Å². The molecule has 0 atom stereocenters. The maximum atomic E-state index is 10.8. The average molecular weight is 216 g/mol. The van der Waals surface area contributed by atoms with Gasteiger partial charge in [-0.25, -0.2) is 0 Å². The van der Waals surface area contributed by atoms with Gasteiger partial charge in [0.05, 0.1) is 7.11 Å². The van der Waals surface area contributed by atoms with Crippen LogP contribution in [0.5, 0.6) is 0 Å². The molecule has 16 heavy (non-hydrogen) atoms. The van der Waals surface area contributed by atoms with Crippen LogP contribution in [0.2, 0.25) is 0 Å². The van der Waals surface area contributed by atoms with Crippen molar-refractivity contribution in [1.29, 1.82) is 5.41 Å². The van der Waals surface area contributed by atoms with Crippen LogP contribution in [-0.4, -0.2) is 18.9 Å². The van der Waals surface area contributed by atoms with Gasteiger partial charge in [-0.1, -0.05) is 24.0 Å². The lowest BCUT2D eigenvalue weighted by molar-refractivity contribution is -0.139. The number of methoxy groups -OCH3 is 1. The number of rotatable bonds is 2. The number of hydrogen-bond donors (Lipinski definition) is 2. The number of nitrogens with one attached hydrogen (secondary N) is 1. The molecule has 82 valence electrons. The zero-order valence-corrected chi connectivity index (χ0v) is 8.91. The van der Waals surface area contributed by atoms with Crippen molar-refractivity contribution in [2.45, 2.75) is 6.42 Å². The summed E-state index contributed by atoms with van der Waals surface area (Å²) >= 11 is 0.